The molecule has 0 spiro atoms. The summed E-state index contributed by atoms with van der Waals surface area (Å²) in [6.45, 7) is 3.82. The molecular weight excluding hydrogens is 278 g/mol. The van der Waals surface area contributed by atoms with Crippen LogP contribution in [0.2, 0.25) is 0 Å². The van der Waals surface area contributed by atoms with Gasteiger partial charge >= 0.3 is 0 Å². The van der Waals surface area contributed by atoms with Crippen LogP contribution in [0.5, 0.6) is 0 Å². The summed E-state index contributed by atoms with van der Waals surface area (Å²) < 4.78 is 0. The largest absolute Gasteiger partial charge is 0.341 e. The van der Waals surface area contributed by atoms with Crippen LogP contribution in [-0.4, -0.2) is 28.7 Å². The lowest BCUT2D eigenvalue weighted by atomic mass is 10.1. The first-order chi connectivity index (χ1) is 8.15. The molecule has 1 unspecified atom stereocenters. The van der Waals surface area contributed by atoms with Crippen molar-refractivity contribution in [3.8, 4) is 0 Å². The molecule has 0 aliphatic carbocycles. The van der Waals surface area contributed by atoms with Gasteiger partial charge < -0.3 is 4.90 Å². The Balaban J connectivity index is 1.96. The van der Waals surface area contributed by atoms with Gasteiger partial charge in [0.1, 0.15) is 0 Å². The maximum atomic E-state index is 12.1. The SMILES string of the molecule is Cc1cccc(CC(=O)N2CCCC(Br)C2)c1. The molecule has 3 heteroatoms. The molecule has 1 amide bonds. The van der Waals surface area contributed by atoms with Crippen LogP contribution >= 0.6 is 15.9 Å². The van der Waals surface area contributed by atoms with Crippen molar-refractivity contribution >= 4 is 21.8 Å². The highest BCUT2D eigenvalue weighted by Crippen LogP contribution is 2.17. The zero-order valence-electron chi connectivity index (χ0n) is 10.2. The molecule has 1 aliphatic rings. The van der Waals surface area contributed by atoms with E-state index in [9.17, 15) is 4.79 Å². The van der Waals surface area contributed by atoms with Crippen LogP contribution in [0.15, 0.2) is 24.3 Å². The van der Waals surface area contributed by atoms with E-state index in [0.29, 0.717) is 11.2 Å². The van der Waals surface area contributed by atoms with E-state index < -0.39 is 0 Å². The maximum absolute atomic E-state index is 12.1. The number of nitrogens with zero attached hydrogens (tertiary/aromatic N) is 1. The molecule has 2 nitrogen and oxygen atoms in total. The van der Waals surface area contributed by atoms with E-state index in [1.54, 1.807) is 0 Å². The van der Waals surface area contributed by atoms with Gasteiger partial charge in [0.15, 0.2) is 0 Å². The van der Waals surface area contributed by atoms with E-state index in [1.165, 1.54) is 12.0 Å². The first kappa shape index (κ1) is 12.6. The number of hydrogen-bond acceptors (Lipinski definition) is 1. The second-order valence-electron chi connectivity index (χ2n) is 4.75. The number of alkyl halides is 1. The van der Waals surface area contributed by atoms with E-state index >= 15 is 0 Å². The van der Waals surface area contributed by atoms with Gasteiger partial charge in [-0.2, -0.15) is 0 Å². The van der Waals surface area contributed by atoms with Crippen LogP contribution in [-0.2, 0) is 11.2 Å². The van der Waals surface area contributed by atoms with Crippen molar-refractivity contribution in [1.29, 1.82) is 0 Å². The Morgan fingerprint density at radius 3 is 3.06 bits per heavy atom. The van der Waals surface area contributed by atoms with Crippen LogP contribution in [0.4, 0.5) is 0 Å². The highest BCUT2D eigenvalue weighted by molar-refractivity contribution is 9.09. The molecule has 0 N–H and O–H groups in total. The molecule has 0 saturated carbocycles. The number of hydrogen-bond donors (Lipinski definition) is 0. The van der Waals surface area contributed by atoms with Gasteiger partial charge in [-0.3, -0.25) is 4.79 Å². The summed E-state index contributed by atoms with van der Waals surface area (Å²) >= 11 is 3.60. The number of benzene rings is 1. The normalized spacial score (nSPS) is 20.4. The molecule has 1 aromatic carbocycles. The minimum atomic E-state index is 0.250. The summed E-state index contributed by atoms with van der Waals surface area (Å²) in [5, 5.41) is 0. The van der Waals surface area contributed by atoms with E-state index in [2.05, 4.69) is 35.0 Å². The van der Waals surface area contributed by atoms with Gasteiger partial charge in [0.25, 0.3) is 0 Å². The van der Waals surface area contributed by atoms with Crippen molar-refractivity contribution < 1.29 is 4.79 Å². The van der Waals surface area contributed by atoms with Gasteiger partial charge in [-0.1, -0.05) is 45.8 Å². The van der Waals surface area contributed by atoms with Crippen molar-refractivity contribution in [3.63, 3.8) is 0 Å². The predicted octanol–water partition coefficient (Wildman–Crippen LogP) is 2.92. The van der Waals surface area contributed by atoms with Crippen LogP contribution in [0.3, 0.4) is 0 Å². The summed E-state index contributed by atoms with van der Waals surface area (Å²) in [6, 6.07) is 8.19. The molecule has 1 aromatic rings. The van der Waals surface area contributed by atoms with Crippen LogP contribution < -0.4 is 0 Å². The summed E-state index contributed by atoms with van der Waals surface area (Å²) in [5.74, 6) is 0.250. The average Bonchev–Trinajstić information content (AvgIpc) is 2.29. The Morgan fingerprint density at radius 2 is 2.35 bits per heavy atom. The average molecular weight is 296 g/mol. The second-order valence-corrected chi connectivity index (χ2v) is 6.04. The van der Waals surface area contributed by atoms with Crippen molar-refractivity contribution in [2.24, 2.45) is 0 Å². The van der Waals surface area contributed by atoms with E-state index in [-0.39, 0.29) is 5.91 Å². The molecule has 1 aliphatic heterocycles. The van der Waals surface area contributed by atoms with Gasteiger partial charge in [0.05, 0.1) is 6.42 Å². The smallest absolute Gasteiger partial charge is 0.227 e. The minimum absolute atomic E-state index is 0.250. The van der Waals surface area contributed by atoms with Gasteiger partial charge in [0.2, 0.25) is 5.91 Å². The van der Waals surface area contributed by atoms with Crippen molar-refractivity contribution in [2.75, 3.05) is 13.1 Å². The standard InChI is InChI=1S/C14H18BrNO/c1-11-4-2-5-12(8-11)9-14(17)16-7-3-6-13(15)10-16/h2,4-5,8,13H,3,6-7,9-10H2,1H3. The molecule has 92 valence electrons. The first-order valence-electron chi connectivity index (χ1n) is 6.12. The number of piperidine rings is 1. The Morgan fingerprint density at radius 1 is 1.53 bits per heavy atom. The number of amides is 1. The number of rotatable bonds is 2. The summed E-state index contributed by atoms with van der Waals surface area (Å²) in [5.41, 5.74) is 2.33. The van der Waals surface area contributed by atoms with Crippen molar-refractivity contribution in [3.05, 3.63) is 35.4 Å². The highest BCUT2D eigenvalue weighted by atomic mass is 79.9. The molecule has 17 heavy (non-hydrogen) atoms. The Kier molecular flexibility index (Phi) is 4.21. The maximum Gasteiger partial charge on any atom is 0.227 e. The molecular formula is C14H18BrNO. The topological polar surface area (TPSA) is 20.3 Å². The summed E-state index contributed by atoms with van der Waals surface area (Å²) in [7, 11) is 0. The molecule has 1 heterocycles. The fraction of sp³-hybridized carbons (Fsp3) is 0.500. The quantitative estimate of drug-likeness (QED) is 0.768. The van der Waals surface area contributed by atoms with Crippen LogP contribution in [0, 0.1) is 6.92 Å². The summed E-state index contributed by atoms with van der Waals surface area (Å²) in [4.78, 5) is 14.6. The zero-order valence-corrected chi connectivity index (χ0v) is 11.7. The van der Waals surface area contributed by atoms with Gasteiger partial charge in [-0.25, -0.2) is 0 Å². The van der Waals surface area contributed by atoms with E-state index in [0.717, 1.165) is 25.1 Å². The number of carbonyl (C=O) groups excluding carboxylic acids is 1. The molecule has 1 atom stereocenters. The Bertz CT molecular complexity index is 405. The zero-order chi connectivity index (χ0) is 12.3. The Labute approximate surface area is 111 Å². The molecule has 0 radical (unpaired) electrons. The Hall–Kier alpha value is -0.830. The van der Waals surface area contributed by atoms with E-state index in [4.69, 9.17) is 0 Å². The van der Waals surface area contributed by atoms with Crippen LogP contribution in [0.1, 0.15) is 24.0 Å². The van der Waals surface area contributed by atoms with Crippen LogP contribution in [0.25, 0.3) is 0 Å². The lowest BCUT2D eigenvalue weighted by Crippen LogP contribution is -2.41. The fourth-order valence-corrected chi connectivity index (χ4v) is 2.93. The lowest BCUT2D eigenvalue weighted by Gasteiger charge is -2.30. The minimum Gasteiger partial charge on any atom is -0.341 e. The number of likely N-dealkylation sites (tertiary alicyclic amines) is 1. The molecule has 0 aromatic heterocycles. The molecule has 1 saturated heterocycles. The highest BCUT2D eigenvalue weighted by Gasteiger charge is 2.21. The number of carbonyl (C=O) groups is 1. The number of aryl methyl sites for hydroxylation is 1. The third kappa shape index (κ3) is 3.56. The van der Waals surface area contributed by atoms with Gasteiger partial charge in [-0.05, 0) is 25.3 Å². The van der Waals surface area contributed by atoms with Gasteiger partial charge in [-0.15, -0.1) is 0 Å². The predicted molar refractivity (Wildman–Crippen MR) is 73.4 cm³/mol. The van der Waals surface area contributed by atoms with Crippen molar-refractivity contribution in [2.45, 2.75) is 31.0 Å². The molecule has 0 bridgehead atoms. The van der Waals surface area contributed by atoms with E-state index in [1.807, 2.05) is 17.0 Å². The molecule has 1 fully saturated rings. The third-order valence-electron chi connectivity index (χ3n) is 3.15. The van der Waals surface area contributed by atoms with Gasteiger partial charge in [0, 0.05) is 17.9 Å². The first-order valence-corrected chi connectivity index (χ1v) is 7.04. The lowest BCUT2D eigenvalue weighted by molar-refractivity contribution is -0.131. The number of halogens is 1. The third-order valence-corrected chi connectivity index (χ3v) is 3.90. The van der Waals surface area contributed by atoms with Crippen molar-refractivity contribution in [1.82, 2.24) is 4.90 Å². The molecule has 2 rings (SSSR count). The fourth-order valence-electron chi connectivity index (χ4n) is 2.26. The monoisotopic (exact) mass is 295 g/mol. The summed E-state index contributed by atoms with van der Waals surface area (Å²) in [6.07, 6.45) is 2.81. The second kappa shape index (κ2) is 5.67.